The van der Waals surface area contributed by atoms with Crippen LogP contribution in [0.1, 0.15) is 78.1 Å². The molecule has 0 aromatic carbocycles. The highest BCUT2D eigenvalue weighted by Crippen LogP contribution is 2.12. The van der Waals surface area contributed by atoms with E-state index in [1.165, 1.54) is 51.4 Å². The van der Waals surface area contributed by atoms with Crippen molar-refractivity contribution in [2.45, 2.75) is 78.1 Å². The normalized spacial score (nSPS) is 11.2. The van der Waals surface area contributed by atoms with Crippen LogP contribution in [0.2, 0.25) is 0 Å². The molecule has 0 atom stereocenters. The van der Waals surface area contributed by atoms with Crippen LogP contribution in [0, 0.1) is 5.92 Å². The Balaban J connectivity index is 3.20. The molecule has 0 heterocycles. The predicted molar refractivity (Wildman–Crippen MR) is 88.7 cm³/mol. The first-order valence-corrected chi connectivity index (χ1v) is 8.60. The molecule has 0 aromatic rings. The maximum absolute atomic E-state index is 11.1. The number of carboxylic acids is 1. The number of carbonyl (C=O) groups excluding carboxylic acids is 1. The lowest BCUT2D eigenvalue weighted by Gasteiger charge is -2.05. The van der Waals surface area contributed by atoms with Gasteiger partial charge in [-0.25, -0.2) is 9.59 Å². The van der Waals surface area contributed by atoms with E-state index in [0.29, 0.717) is 6.61 Å². The van der Waals surface area contributed by atoms with Crippen LogP contribution in [-0.2, 0) is 14.3 Å². The molecule has 4 nitrogen and oxygen atoms in total. The van der Waals surface area contributed by atoms with E-state index >= 15 is 0 Å². The van der Waals surface area contributed by atoms with Crippen molar-refractivity contribution in [1.29, 1.82) is 0 Å². The van der Waals surface area contributed by atoms with Crippen LogP contribution in [0.5, 0.6) is 0 Å². The van der Waals surface area contributed by atoms with Gasteiger partial charge in [0.05, 0.1) is 6.61 Å². The fourth-order valence-electron chi connectivity index (χ4n) is 2.25. The Morgan fingerprint density at radius 1 is 0.864 bits per heavy atom. The van der Waals surface area contributed by atoms with Gasteiger partial charge in [0.1, 0.15) is 0 Å². The van der Waals surface area contributed by atoms with E-state index in [9.17, 15) is 9.59 Å². The smallest absolute Gasteiger partial charge is 0.331 e. The van der Waals surface area contributed by atoms with Crippen LogP contribution >= 0.6 is 0 Å². The molecule has 0 radical (unpaired) electrons. The van der Waals surface area contributed by atoms with Crippen molar-refractivity contribution in [3.63, 3.8) is 0 Å². The van der Waals surface area contributed by atoms with Gasteiger partial charge in [-0.15, -0.1) is 0 Å². The summed E-state index contributed by atoms with van der Waals surface area (Å²) in [5.41, 5.74) is 0. The fraction of sp³-hybridized carbons (Fsp3) is 0.778. The first-order chi connectivity index (χ1) is 10.5. The van der Waals surface area contributed by atoms with Crippen LogP contribution in [0.25, 0.3) is 0 Å². The average molecular weight is 312 g/mol. The van der Waals surface area contributed by atoms with Gasteiger partial charge in [-0.05, 0) is 12.3 Å². The van der Waals surface area contributed by atoms with Gasteiger partial charge in [-0.1, -0.05) is 71.6 Å². The minimum atomic E-state index is -1.14. The third-order valence-electron chi connectivity index (χ3n) is 3.53. The van der Waals surface area contributed by atoms with E-state index in [2.05, 4.69) is 13.8 Å². The minimum absolute atomic E-state index is 0.373. The van der Waals surface area contributed by atoms with Gasteiger partial charge in [-0.2, -0.15) is 0 Å². The molecule has 1 N–H and O–H groups in total. The van der Waals surface area contributed by atoms with Crippen molar-refractivity contribution >= 4 is 11.9 Å². The predicted octanol–water partition coefficient (Wildman–Crippen LogP) is 4.73. The Morgan fingerprint density at radius 2 is 1.36 bits per heavy atom. The molecule has 0 unspecified atom stereocenters. The second-order valence-corrected chi connectivity index (χ2v) is 6.20. The molecule has 0 spiro atoms. The summed E-state index contributed by atoms with van der Waals surface area (Å²) in [4.78, 5) is 21.3. The Labute approximate surface area is 134 Å². The van der Waals surface area contributed by atoms with E-state index in [-0.39, 0.29) is 0 Å². The van der Waals surface area contributed by atoms with Crippen molar-refractivity contribution in [3.8, 4) is 0 Å². The van der Waals surface area contributed by atoms with E-state index in [0.717, 1.165) is 30.9 Å². The maximum atomic E-state index is 11.1. The van der Waals surface area contributed by atoms with Crippen LogP contribution < -0.4 is 0 Å². The summed E-state index contributed by atoms with van der Waals surface area (Å²) in [5.74, 6) is -0.890. The van der Waals surface area contributed by atoms with Crippen molar-refractivity contribution in [2.24, 2.45) is 5.92 Å². The largest absolute Gasteiger partial charge is 0.478 e. The first-order valence-electron chi connectivity index (χ1n) is 8.60. The summed E-state index contributed by atoms with van der Waals surface area (Å²) in [6, 6.07) is 0. The zero-order valence-electron chi connectivity index (χ0n) is 14.2. The van der Waals surface area contributed by atoms with Crippen molar-refractivity contribution in [2.75, 3.05) is 6.61 Å². The van der Waals surface area contributed by atoms with Gasteiger partial charge >= 0.3 is 11.9 Å². The summed E-state index contributed by atoms with van der Waals surface area (Å²) in [7, 11) is 0. The monoisotopic (exact) mass is 312 g/mol. The maximum Gasteiger partial charge on any atom is 0.331 e. The number of ether oxygens (including phenoxy) is 1. The Bertz CT molecular complexity index is 321. The second-order valence-electron chi connectivity index (χ2n) is 6.20. The third kappa shape index (κ3) is 16.7. The number of carboxylic acid groups (broad SMARTS) is 1. The molecule has 0 aliphatic carbocycles. The Hall–Kier alpha value is -1.32. The van der Waals surface area contributed by atoms with Gasteiger partial charge in [0.15, 0.2) is 0 Å². The van der Waals surface area contributed by atoms with Gasteiger partial charge in [0.25, 0.3) is 0 Å². The highest BCUT2D eigenvalue weighted by molar-refractivity contribution is 5.90. The molecular weight excluding hydrogens is 280 g/mol. The fourth-order valence-corrected chi connectivity index (χ4v) is 2.25. The number of hydrogen-bond acceptors (Lipinski definition) is 3. The number of carbonyl (C=O) groups is 2. The number of unbranched alkanes of at least 4 members (excludes halogenated alkanes) is 8. The molecule has 0 aliphatic rings. The van der Waals surface area contributed by atoms with Gasteiger partial charge in [0.2, 0.25) is 0 Å². The average Bonchev–Trinajstić information content (AvgIpc) is 2.45. The van der Waals surface area contributed by atoms with Gasteiger partial charge in [-0.3, -0.25) is 0 Å². The number of rotatable bonds is 14. The lowest BCUT2D eigenvalue weighted by Crippen LogP contribution is -2.03. The standard InChI is InChI=1S/C18H32O4/c1-16(2)12-10-8-6-4-3-5-7-9-11-15-22-18(21)14-13-17(19)20/h13-14,16H,3-12,15H2,1-2H3,(H,19,20)/b14-13-. The summed E-state index contributed by atoms with van der Waals surface area (Å²) >= 11 is 0. The van der Waals surface area contributed by atoms with Crippen LogP contribution in [0.3, 0.4) is 0 Å². The number of aliphatic carboxylic acids is 1. The Kier molecular flexibility index (Phi) is 13.7. The second kappa shape index (κ2) is 14.6. The van der Waals surface area contributed by atoms with Gasteiger partial charge < -0.3 is 9.84 Å². The zero-order valence-corrected chi connectivity index (χ0v) is 14.2. The van der Waals surface area contributed by atoms with E-state index < -0.39 is 11.9 Å². The number of hydrogen-bond donors (Lipinski definition) is 1. The molecule has 0 rings (SSSR count). The molecule has 4 heteroatoms. The van der Waals surface area contributed by atoms with Crippen LogP contribution in [-0.4, -0.2) is 23.7 Å². The first kappa shape index (κ1) is 20.7. The van der Waals surface area contributed by atoms with E-state index in [1.54, 1.807) is 0 Å². The number of esters is 1. The molecule has 0 saturated heterocycles. The molecule has 0 aliphatic heterocycles. The molecule has 22 heavy (non-hydrogen) atoms. The van der Waals surface area contributed by atoms with Gasteiger partial charge in [0, 0.05) is 12.2 Å². The SMILES string of the molecule is CC(C)CCCCCCCCCCCOC(=O)/C=C\C(=O)O. The summed E-state index contributed by atoms with van der Waals surface area (Å²) in [6.45, 7) is 4.93. The molecule has 128 valence electrons. The molecule has 0 aromatic heterocycles. The topological polar surface area (TPSA) is 63.6 Å². The van der Waals surface area contributed by atoms with E-state index in [1.807, 2.05) is 0 Å². The van der Waals surface area contributed by atoms with Crippen molar-refractivity contribution in [3.05, 3.63) is 12.2 Å². The summed E-state index contributed by atoms with van der Waals surface area (Å²) < 4.78 is 4.89. The molecule has 0 amide bonds. The Morgan fingerprint density at radius 3 is 1.86 bits per heavy atom. The molecule has 0 bridgehead atoms. The molecular formula is C18H32O4. The third-order valence-corrected chi connectivity index (χ3v) is 3.53. The zero-order chi connectivity index (χ0) is 16.6. The molecule has 0 fully saturated rings. The highest BCUT2D eigenvalue weighted by Gasteiger charge is 1.99. The molecule has 0 saturated carbocycles. The summed E-state index contributed by atoms with van der Waals surface area (Å²) in [6.07, 6.45) is 14.1. The summed E-state index contributed by atoms with van der Waals surface area (Å²) in [5, 5.41) is 8.35. The van der Waals surface area contributed by atoms with Crippen LogP contribution in [0.4, 0.5) is 0 Å². The lowest BCUT2D eigenvalue weighted by molar-refractivity contribution is -0.138. The van der Waals surface area contributed by atoms with Crippen molar-refractivity contribution in [1.82, 2.24) is 0 Å². The van der Waals surface area contributed by atoms with Crippen molar-refractivity contribution < 1.29 is 19.4 Å². The van der Waals surface area contributed by atoms with Crippen LogP contribution in [0.15, 0.2) is 12.2 Å². The lowest BCUT2D eigenvalue weighted by atomic mass is 10.0. The van der Waals surface area contributed by atoms with E-state index in [4.69, 9.17) is 9.84 Å². The minimum Gasteiger partial charge on any atom is -0.478 e. The quantitative estimate of drug-likeness (QED) is 0.286. The highest BCUT2D eigenvalue weighted by atomic mass is 16.5.